The Morgan fingerprint density at radius 2 is 1.90 bits per heavy atom. The van der Waals surface area contributed by atoms with Crippen LogP contribution >= 0.6 is 0 Å². The van der Waals surface area contributed by atoms with Crippen LogP contribution in [0.3, 0.4) is 0 Å². The average Bonchev–Trinajstić information content (AvgIpc) is 2.37. The molecule has 0 amide bonds. The highest BCUT2D eigenvalue weighted by atomic mass is 16.5. The van der Waals surface area contributed by atoms with Crippen molar-refractivity contribution in [1.82, 2.24) is 4.90 Å². The van der Waals surface area contributed by atoms with Crippen LogP contribution in [-0.4, -0.2) is 37.7 Å². The fraction of sp³-hybridized carbons (Fsp3) is 0.647. The van der Waals surface area contributed by atoms with E-state index in [9.17, 15) is 0 Å². The lowest BCUT2D eigenvalue weighted by molar-refractivity contribution is 0.0842. The fourth-order valence-electron chi connectivity index (χ4n) is 3.61. The van der Waals surface area contributed by atoms with Crippen LogP contribution in [0.2, 0.25) is 0 Å². The van der Waals surface area contributed by atoms with Gasteiger partial charge in [-0.05, 0) is 56.8 Å². The number of rotatable bonds is 4. The number of methoxy groups -OCH3 is 1. The van der Waals surface area contributed by atoms with Crippen molar-refractivity contribution in [2.24, 2.45) is 5.73 Å². The molecule has 1 fully saturated rings. The van der Waals surface area contributed by atoms with E-state index < -0.39 is 0 Å². The minimum Gasteiger partial charge on any atom is -0.383 e. The molecule has 0 radical (unpaired) electrons. The molecule has 1 saturated heterocycles. The lowest BCUT2D eigenvalue weighted by Gasteiger charge is -2.41. The van der Waals surface area contributed by atoms with E-state index in [1.165, 1.54) is 28.7 Å². The van der Waals surface area contributed by atoms with Crippen molar-refractivity contribution < 1.29 is 4.74 Å². The van der Waals surface area contributed by atoms with Gasteiger partial charge >= 0.3 is 0 Å². The number of likely N-dealkylation sites (tertiary alicyclic amines) is 1. The van der Waals surface area contributed by atoms with Crippen molar-refractivity contribution in [2.45, 2.75) is 45.7 Å². The molecule has 0 saturated carbocycles. The van der Waals surface area contributed by atoms with Gasteiger partial charge in [-0.25, -0.2) is 0 Å². The summed E-state index contributed by atoms with van der Waals surface area (Å²) in [5.41, 5.74) is 12.0. The van der Waals surface area contributed by atoms with E-state index in [0.29, 0.717) is 6.04 Å². The smallest absolute Gasteiger partial charge is 0.0589 e. The predicted octanol–water partition coefficient (Wildman–Crippen LogP) is 2.72. The zero-order chi connectivity index (χ0) is 14.7. The maximum atomic E-state index is 6.47. The number of hydrogen-bond acceptors (Lipinski definition) is 3. The number of aryl methyl sites for hydroxylation is 3. The third kappa shape index (κ3) is 3.22. The molecule has 0 aliphatic carbocycles. The van der Waals surface area contributed by atoms with Gasteiger partial charge in [0.05, 0.1) is 12.6 Å². The van der Waals surface area contributed by atoms with Crippen molar-refractivity contribution in [1.29, 1.82) is 0 Å². The molecule has 2 atom stereocenters. The van der Waals surface area contributed by atoms with Crippen LogP contribution < -0.4 is 5.73 Å². The van der Waals surface area contributed by atoms with Gasteiger partial charge in [0, 0.05) is 19.7 Å². The molecule has 2 unspecified atom stereocenters. The summed E-state index contributed by atoms with van der Waals surface area (Å²) in [6.07, 6.45) is 2.30. The van der Waals surface area contributed by atoms with Gasteiger partial charge in [-0.3, -0.25) is 4.90 Å². The van der Waals surface area contributed by atoms with Crippen LogP contribution in [0.4, 0.5) is 0 Å². The van der Waals surface area contributed by atoms with E-state index in [2.05, 4.69) is 37.8 Å². The Hall–Kier alpha value is -0.900. The molecule has 1 aromatic rings. The first-order chi connectivity index (χ1) is 9.54. The Kier molecular flexibility index (Phi) is 5.19. The first-order valence-electron chi connectivity index (χ1n) is 7.61. The summed E-state index contributed by atoms with van der Waals surface area (Å²) in [5.74, 6) is 0. The van der Waals surface area contributed by atoms with E-state index in [-0.39, 0.29) is 6.04 Å². The SMILES string of the molecule is COCCN1CCCC(N)C1c1c(C)cc(C)cc1C. The first kappa shape index (κ1) is 15.5. The minimum atomic E-state index is 0.223. The van der Waals surface area contributed by atoms with E-state index in [4.69, 9.17) is 10.5 Å². The van der Waals surface area contributed by atoms with Crippen LogP contribution in [0.15, 0.2) is 12.1 Å². The first-order valence-corrected chi connectivity index (χ1v) is 7.61. The van der Waals surface area contributed by atoms with Crippen molar-refractivity contribution in [3.8, 4) is 0 Å². The zero-order valence-electron chi connectivity index (χ0n) is 13.3. The highest BCUT2D eigenvalue weighted by molar-refractivity contribution is 5.40. The van der Waals surface area contributed by atoms with Crippen LogP contribution in [0.25, 0.3) is 0 Å². The number of benzene rings is 1. The van der Waals surface area contributed by atoms with Crippen LogP contribution in [0, 0.1) is 20.8 Å². The Balaban J connectivity index is 2.35. The molecule has 1 aromatic carbocycles. The number of hydrogen-bond donors (Lipinski definition) is 1. The maximum absolute atomic E-state index is 6.47. The van der Waals surface area contributed by atoms with Gasteiger partial charge in [0.15, 0.2) is 0 Å². The second kappa shape index (κ2) is 6.70. The molecule has 3 nitrogen and oxygen atoms in total. The normalized spacial score (nSPS) is 24.1. The Morgan fingerprint density at radius 1 is 1.25 bits per heavy atom. The molecule has 2 N–H and O–H groups in total. The summed E-state index contributed by atoms with van der Waals surface area (Å²) in [7, 11) is 1.77. The van der Waals surface area contributed by atoms with E-state index in [0.717, 1.165) is 26.1 Å². The maximum Gasteiger partial charge on any atom is 0.0589 e. The lowest BCUT2D eigenvalue weighted by Crippen LogP contribution is -2.47. The van der Waals surface area contributed by atoms with Gasteiger partial charge in [-0.2, -0.15) is 0 Å². The van der Waals surface area contributed by atoms with Gasteiger partial charge in [0.2, 0.25) is 0 Å². The van der Waals surface area contributed by atoms with Crippen molar-refractivity contribution in [3.05, 3.63) is 34.4 Å². The minimum absolute atomic E-state index is 0.223. The summed E-state index contributed by atoms with van der Waals surface area (Å²) in [6, 6.07) is 5.11. The molecule has 2 rings (SSSR count). The number of nitrogens with two attached hydrogens (primary N) is 1. The molecule has 3 heteroatoms. The topological polar surface area (TPSA) is 38.5 Å². The summed E-state index contributed by atoms with van der Waals surface area (Å²) in [4.78, 5) is 2.50. The molecule has 1 aliphatic heterocycles. The standard InChI is InChI=1S/C17H28N2O/c1-12-10-13(2)16(14(3)11-12)17-15(18)6-5-7-19(17)8-9-20-4/h10-11,15,17H,5-9,18H2,1-4H3. The van der Waals surface area contributed by atoms with Crippen LogP contribution in [0.5, 0.6) is 0 Å². The highest BCUT2D eigenvalue weighted by Crippen LogP contribution is 2.34. The van der Waals surface area contributed by atoms with E-state index >= 15 is 0 Å². The Labute approximate surface area is 123 Å². The van der Waals surface area contributed by atoms with Gasteiger partial charge in [-0.1, -0.05) is 17.7 Å². The average molecular weight is 276 g/mol. The lowest BCUT2D eigenvalue weighted by atomic mass is 9.85. The molecule has 1 heterocycles. The highest BCUT2D eigenvalue weighted by Gasteiger charge is 2.31. The second-order valence-corrected chi connectivity index (χ2v) is 6.09. The van der Waals surface area contributed by atoms with Gasteiger partial charge in [0.25, 0.3) is 0 Å². The number of nitrogens with zero attached hydrogens (tertiary/aromatic N) is 1. The molecule has 1 aliphatic rings. The Morgan fingerprint density at radius 3 is 2.50 bits per heavy atom. The molecular formula is C17H28N2O. The second-order valence-electron chi connectivity index (χ2n) is 6.09. The quantitative estimate of drug-likeness (QED) is 0.919. The fourth-order valence-corrected chi connectivity index (χ4v) is 3.61. The molecule has 112 valence electrons. The summed E-state index contributed by atoms with van der Waals surface area (Å²) in [5, 5.41) is 0. The van der Waals surface area contributed by atoms with Crippen LogP contribution in [0.1, 0.15) is 41.1 Å². The van der Waals surface area contributed by atoms with Crippen molar-refractivity contribution >= 4 is 0 Å². The van der Waals surface area contributed by atoms with Crippen LogP contribution in [-0.2, 0) is 4.74 Å². The molecule has 0 spiro atoms. The summed E-state index contributed by atoms with van der Waals surface area (Å²) in [6.45, 7) is 9.44. The van der Waals surface area contributed by atoms with E-state index in [1.54, 1.807) is 7.11 Å². The third-order valence-corrected chi connectivity index (χ3v) is 4.40. The summed E-state index contributed by atoms with van der Waals surface area (Å²) >= 11 is 0. The van der Waals surface area contributed by atoms with Gasteiger partial charge in [0.1, 0.15) is 0 Å². The Bertz CT molecular complexity index is 435. The van der Waals surface area contributed by atoms with Crippen molar-refractivity contribution in [2.75, 3.05) is 26.8 Å². The number of ether oxygens (including phenoxy) is 1. The van der Waals surface area contributed by atoms with E-state index in [1.807, 2.05) is 0 Å². The monoisotopic (exact) mass is 276 g/mol. The molecular weight excluding hydrogens is 248 g/mol. The van der Waals surface area contributed by atoms with Gasteiger partial charge < -0.3 is 10.5 Å². The molecule has 0 bridgehead atoms. The molecule has 20 heavy (non-hydrogen) atoms. The summed E-state index contributed by atoms with van der Waals surface area (Å²) < 4.78 is 5.26. The zero-order valence-corrected chi connectivity index (χ0v) is 13.3. The third-order valence-electron chi connectivity index (χ3n) is 4.40. The van der Waals surface area contributed by atoms with Gasteiger partial charge in [-0.15, -0.1) is 0 Å². The van der Waals surface area contributed by atoms with Crippen molar-refractivity contribution in [3.63, 3.8) is 0 Å². The predicted molar refractivity (Wildman–Crippen MR) is 84.1 cm³/mol. The molecule has 0 aromatic heterocycles. The number of piperidine rings is 1. The largest absolute Gasteiger partial charge is 0.383 e.